The molecule has 5 heteroatoms. The Morgan fingerprint density at radius 1 is 1.12 bits per heavy atom. The molecule has 0 unspecified atom stereocenters. The highest BCUT2D eigenvalue weighted by Crippen LogP contribution is 2.18. The molecule has 0 N–H and O–H groups in total. The molecule has 2 heterocycles. The third-order valence-electron chi connectivity index (χ3n) is 4.83. The third-order valence-corrected chi connectivity index (χ3v) is 4.83. The van der Waals surface area contributed by atoms with Gasteiger partial charge in [-0.1, -0.05) is 30.3 Å². The molecular weight excluding hydrogens is 328 g/mol. The lowest BCUT2D eigenvalue weighted by Gasteiger charge is -2.24. The summed E-state index contributed by atoms with van der Waals surface area (Å²) in [4.78, 5) is 29.1. The van der Waals surface area contributed by atoms with Crippen molar-refractivity contribution in [1.82, 2.24) is 9.80 Å². The van der Waals surface area contributed by atoms with Crippen LogP contribution < -0.4 is 0 Å². The first-order chi connectivity index (χ1) is 12.5. The topological polar surface area (TPSA) is 53.8 Å². The first kappa shape index (κ1) is 18.2. The van der Waals surface area contributed by atoms with Crippen molar-refractivity contribution in [1.29, 1.82) is 0 Å². The van der Waals surface area contributed by atoms with Crippen molar-refractivity contribution in [2.75, 3.05) is 19.6 Å². The average molecular weight is 354 g/mol. The number of amides is 2. The van der Waals surface area contributed by atoms with E-state index in [9.17, 15) is 9.59 Å². The summed E-state index contributed by atoms with van der Waals surface area (Å²) in [6.45, 7) is 6.21. The Hall–Kier alpha value is -2.56. The molecule has 1 aromatic carbocycles. The minimum absolute atomic E-state index is 0.0857. The van der Waals surface area contributed by atoms with Gasteiger partial charge in [0.1, 0.15) is 11.5 Å². The van der Waals surface area contributed by atoms with Crippen molar-refractivity contribution in [3.63, 3.8) is 0 Å². The highest BCUT2D eigenvalue weighted by Gasteiger charge is 2.23. The fourth-order valence-corrected chi connectivity index (χ4v) is 3.42. The summed E-state index contributed by atoms with van der Waals surface area (Å²) in [5.41, 5.74) is 1.62. The Morgan fingerprint density at radius 3 is 2.42 bits per heavy atom. The van der Waals surface area contributed by atoms with Gasteiger partial charge in [-0.3, -0.25) is 9.59 Å². The average Bonchev–Trinajstić information content (AvgIpc) is 3.28. The number of carbonyl (C=O) groups is 2. The Kier molecular flexibility index (Phi) is 5.76. The standard InChI is InChI=1S/C21H26N2O3/c1-16-14-19(17(2)26-16)21(25)23(15-18-8-4-3-5-9-18)13-10-20(24)22-11-6-7-12-22/h3-5,8-9,14H,6-7,10-13,15H2,1-2H3. The fourth-order valence-electron chi connectivity index (χ4n) is 3.42. The van der Waals surface area contributed by atoms with Crippen molar-refractivity contribution in [2.24, 2.45) is 0 Å². The number of benzene rings is 1. The number of aryl methyl sites for hydroxylation is 2. The fraction of sp³-hybridized carbons (Fsp3) is 0.429. The van der Waals surface area contributed by atoms with E-state index in [2.05, 4.69) is 0 Å². The predicted octanol–water partition coefficient (Wildman–Crippen LogP) is 3.55. The number of hydrogen-bond donors (Lipinski definition) is 0. The summed E-state index contributed by atoms with van der Waals surface area (Å²) < 4.78 is 5.52. The van der Waals surface area contributed by atoms with Gasteiger partial charge >= 0.3 is 0 Å². The molecule has 1 aliphatic rings. The van der Waals surface area contributed by atoms with Crippen molar-refractivity contribution < 1.29 is 14.0 Å². The van der Waals surface area contributed by atoms with Crippen LogP contribution in [0.1, 0.15) is 46.7 Å². The molecule has 0 atom stereocenters. The minimum atomic E-state index is -0.0857. The van der Waals surface area contributed by atoms with E-state index in [1.807, 2.05) is 42.2 Å². The maximum atomic E-state index is 13.1. The van der Waals surface area contributed by atoms with Crippen LogP contribution in [0, 0.1) is 13.8 Å². The highest BCUT2D eigenvalue weighted by atomic mass is 16.3. The molecule has 1 saturated heterocycles. The normalized spacial score (nSPS) is 13.8. The molecule has 0 spiro atoms. The van der Waals surface area contributed by atoms with Crippen LogP contribution in [0.2, 0.25) is 0 Å². The first-order valence-electron chi connectivity index (χ1n) is 9.22. The maximum Gasteiger partial charge on any atom is 0.257 e. The smallest absolute Gasteiger partial charge is 0.257 e. The molecule has 0 bridgehead atoms. The van der Waals surface area contributed by atoms with Gasteiger partial charge < -0.3 is 14.2 Å². The predicted molar refractivity (Wildman–Crippen MR) is 99.8 cm³/mol. The second-order valence-corrected chi connectivity index (χ2v) is 6.88. The van der Waals surface area contributed by atoms with Gasteiger partial charge in [0.2, 0.25) is 5.91 Å². The van der Waals surface area contributed by atoms with Crippen LogP contribution in [0.5, 0.6) is 0 Å². The number of rotatable bonds is 6. The van der Waals surface area contributed by atoms with Crippen LogP contribution in [-0.4, -0.2) is 41.2 Å². The van der Waals surface area contributed by atoms with E-state index in [-0.39, 0.29) is 11.8 Å². The van der Waals surface area contributed by atoms with Gasteiger partial charge in [0, 0.05) is 32.6 Å². The maximum absolute atomic E-state index is 13.1. The van der Waals surface area contributed by atoms with Gasteiger partial charge in [-0.15, -0.1) is 0 Å². The van der Waals surface area contributed by atoms with Crippen LogP contribution in [-0.2, 0) is 11.3 Å². The van der Waals surface area contributed by atoms with Gasteiger partial charge in [0.25, 0.3) is 5.91 Å². The molecule has 5 nitrogen and oxygen atoms in total. The van der Waals surface area contributed by atoms with Crippen molar-refractivity contribution in [3.05, 3.63) is 59.0 Å². The molecule has 0 saturated carbocycles. The number of hydrogen-bond acceptors (Lipinski definition) is 3. The van der Waals surface area contributed by atoms with E-state index >= 15 is 0 Å². The number of carbonyl (C=O) groups excluding carboxylic acids is 2. The van der Waals surface area contributed by atoms with Gasteiger partial charge in [-0.25, -0.2) is 0 Å². The second kappa shape index (κ2) is 8.21. The number of likely N-dealkylation sites (tertiary alicyclic amines) is 1. The van der Waals surface area contributed by atoms with Gasteiger partial charge in [0.05, 0.1) is 5.56 Å². The molecule has 0 aliphatic carbocycles. The molecule has 26 heavy (non-hydrogen) atoms. The third kappa shape index (κ3) is 4.34. The largest absolute Gasteiger partial charge is 0.466 e. The Balaban J connectivity index is 1.73. The van der Waals surface area contributed by atoms with Crippen molar-refractivity contribution in [3.8, 4) is 0 Å². The monoisotopic (exact) mass is 354 g/mol. The zero-order valence-electron chi connectivity index (χ0n) is 15.5. The molecule has 2 aromatic rings. The number of furan rings is 1. The summed E-state index contributed by atoms with van der Waals surface area (Å²) in [5, 5.41) is 0. The summed E-state index contributed by atoms with van der Waals surface area (Å²) in [7, 11) is 0. The Labute approximate surface area is 154 Å². The summed E-state index contributed by atoms with van der Waals surface area (Å²) in [5.74, 6) is 1.39. The van der Waals surface area contributed by atoms with Crippen molar-refractivity contribution >= 4 is 11.8 Å². The van der Waals surface area contributed by atoms with E-state index in [1.54, 1.807) is 17.9 Å². The molecule has 2 amide bonds. The zero-order valence-corrected chi connectivity index (χ0v) is 15.5. The summed E-state index contributed by atoms with van der Waals surface area (Å²) in [6, 6.07) is 11.6. The SMILES string of the molecule is Cc1cc(C(=O)N(CCC(=O)N2CCCC2)Cc2ccccc2)c(C)o1. The summed E-state index contributed by atoms with van der Waals surface area (Å²) >= 11 is 0. The highest BCUT2D eigenvalue weighted by molar-refractivity contribution is 5.95. The second-order valence-electron chi connectivity index (χ2n) is 6.88. The molecule has 1 fully saturated rings. The molecule has 0 radical (unpaired) electrons. The molecule has 1 aromatic heterocycles. The van der Waals surface area contributed by atoms with Crippen LogP contribution >= 0.6 is 0 Å². The Bertz CT molecular complexity index is 761. The first-order valence-corrected chi connectivity index (χ1v) is 9.22. The van der Waals surface area contributed by atoms with E-state index in [4.69, 9.17) is 4.42 Å². The molecule has 3 rings (SSSR count). The number of nitrogens with zero attached hydrogens (tertiary/aromatic N) is 2. The van der Waals surface area contributed by atoms with Gasteiger partial charge in [-0.05, 0) is 38.3 Å². The molecular formula is C21H26N2O3. The molecule has 138 valence electrons. The van der Waals surface area contributed by atoms with Gasteiger partial charge in [-0.2, -0.15) is 0 Å². The van der Waals surface area contributed by atoms with E-state index < -0.39 is 0 Å². The van der Waals surface area contributed by atoms with Crippen molar-refractivity contribution in [2.45, 2.75) is 39.7 Å². The quantitative estimate of drug-likeness (QED) is 0.797. The van der Waals surface area contributed by atoms with E-state index in [0.717, 1.165) is 37.3 Å². The van der Waals surface area contributed by atoms with E-state index in [1.165, 1.54) is 0 Å². The van der Waals surface area contributed by atoms with Gasteiger partial charge in [0.15, 0.2) is 0 Å². The lowest BCUT2D eigenvalue weighted by molar-refractivity contribution is -0.130. The van der Waals surface area contributed by atoms with Crippen LogP contribution in [0.4, 0.5) is 0 Å². The zero-order chi connectivity index (χ0) is 18.5. The van der Waals surface area contributed by atoms with Crippen LogP contribution in [0.15, 0.2) is 40.8 Å². The van der Waals surface area contributed by atoms with Crippen LogP contribution in [0.3, 0.4) is 0 Å². The van der Waals surface area contributed by atoms with Crippen LogP contribution in [0.25, 0.3) is 0 Å². The Morgan fingerprint density at radius 2 is 1.81 bits per heavy atom. The lowest BCUT2D eigenvalue weighted by Crippen LogP contribution is -2.36. The summed E-state index contributed by atoms with van der Waals surface area (Å²) in [6.07, 6.45) is 2.51. The molecule has 1 aliphatic heterocycles. The van der Waals surface area contributed by atoms with E-state index in [0.29, 0.717) is 30.8 Å². The lowest BCUT2D eigenvalue weighted by atomic mass is 10.1. The minimum Gasteiger partial charge on any atom is -0.466 e.